The van der Waals surface area contributed by atoms with Crippen LogP contribution in [-0.2, 0) is 6.54 Å². The smallest absolute Gasteiger partial charge is 0.137 e. The van der Waals surface area contributed by atoms with Gasteiger partial charge in [-0.3, -0.25) is 4.90 Å². The molecule has 0 N–H and O–H groups in total. The van der Waals surface area contributed by atoms with Crippen LogP contribution in [0.25, 0.3) is 0 Å². The van der Waals surface area contributed by atoms with Gasteiger partial charge < -0.3 is 0 Å². The third-order valence-corrected chi connectivity index (χ3v) is 4.36. The molecule has 94 valence electrons. The van der Waals surface area contributed by atoms with Crippen LogP contribution in [0.2, 0.25) is 5.02 Å². The predicted octanol–water partition coefficient (Wildman–Crippen LogP) is 4.62. The van der Waals surface area contributed by atoms with E-state index in [9.17, 15) is 4.39 Å². The monoisotopic (exact) mass is 319 g/mol. The highest BCUT2D eigenvalue weighted by molar-refractivity contribution is 9.10. The van der Waals surface area contributed by atoms with E-state index >= 15 is 0 Å². The van der Waals surface area contributed by atoms with Gasteiger partial charge in [-0.05, 0) is 59.9 Å². The van der Waals surface area contributed by atoms with E-state index in [2.05, 4.69) is 27.8 Å². The Labute approximate surface area is 115 Å². The molecular weight excluding hydrogens is 305 g/mol. The van der Waals surface area contributed by atoms with Crippen LogP contribution < -0.4 is 0 Å². The van der Waals surface area contributed by atoms with Crippen molar-refractivity contribution in [3.63, 3.8) is 0 Å². The molecule has 1 saturated heterocycles. The number of halogens is 3. The Morgan fingerprint density at radius 1 is 1.47 bits per heavy atom. The van der Waals surface area contributed by atoms with Crippen LogP contribution in [0.5, 0.6) is 0 Å². The first-order chi connectivity index (χ1) is 8.08. The summed E-state index contributed by atoms with van der Waals surface area (Å²) < 4.78 is 13.9. The largest absolute Gasteiger partial charge is 0.296 e. The normalized spacial score (nSPS) is 21.8. The molecule has 0 amide bonds. The Morgan fingerprint density at radius 2 is 2.24 bits per heavy atom. The van der Waals surface area contributed by atoms with Crippen molar-refractivity contribution in [1.29, 1.82) is 0 Å². The first-order valence-corrected chi connectivity index (χ1v) is 7.12. The van der Waals surface area contributed by atoms with E-state index < -0.39 is 0 Å². The SMILES string of the molecule is CC1CCCCN1Cc1cc(F)c(Br)cc1Cl. The zero-order chi connectivity index (χ0) is 12.4. The third kappa shape index (κ3) is 3.21. The van der Waals surface area contributed by atoms with Gasteiger partial charge in [0.05, 0.1) is 4.47 Å². The lowest BCUT2D eigenvalue weighted by molar-refractivity contribution is 0.152. The predicted molar refractivity (Wildman–Crippen MR) is 72.8 cm³/mol. The lowest BCUT2D eigenvalue weighted by Gasteiger charge is -2.33. The topological polar surface area (TPSA) is 3.24 Å². The summed E-state index contributed by atoms with van der Waals surface area (Å²) in [7, 11) is 0. The van der Waals surface area contributed by atoms with Gasteiger partial charge in [0.25, 0.3) is 0 Å². The number of likely N-dealkylation sites (tertiary alicyclic amines) is 1. The minimum Gasteiger partial charge on any atom is -0.296 e. The van der Waals surface area contributed by atoms with Crippen LogP contribution in [0.15, 0.2) is 16.6 Å². The van der Waals surface area contributed by atoms with Gasteiger partial charge in [0.15, 0.2) is 0 Å². The highest BCUT2D eigenvalue weighted by Gasteiger charge is 2.19. The van der Waals surface area contributed by atoms with Gasteiger partial charge in [0.2, 0.25) is 0 Å². The molecule has 0 saturated carbocycles. The van der Waals surface area contributed by atoms with E-state index in [0.717, 1.165) is 18.7 Å². The average molecular weight is 321 g/mol. The maximum atomic E-state index is 13.5. The molecule has 1 atom stereocenters. The van der Waals surface area contributed by atoms with Crippen molar-refractivity contribution in [2.75, 3.05) is 6.54 Å². The Kier molecular flexibility index (Phi) is 4.45. The second-order valence-corrected chi connectivity index (χ2v) is 5.93. The van der Waals surface area contributed by atoms with Gasteiger partial charge in [0, 0.05) is 17.6 Å². The molecule has 0 aromatic heterocycles. The minimum absolute atomic E-state index is 0.242. The lowest BCUT2D eigenvalue weighted by atomic mass is 10.0. The molecule has 1 heterocycles. The number of piperidine rings is 1. The summed E-state index contributed by atoms with van der Waals surface area (Å²) in [6.07, 6.45) is 3.73. The maximum absolute atomic E-state index is 13.5. The van der Waals surface area contributed by atoms with Gasteiger partial charge in [-0.25, -0.2) is 4.39 Å². The number of nitrogens with zero attached hydrogens (tertiary/aromatic N) is 1. The third-order valence-electron chi connectivity index (χ3n) is 3.40. The molecule has 4 heteroatoms. The molecule has 1 aliphatic rings. The summed E-state index contributed by atoms with van der Waals surface area (Å²) in [5.74, 6) is -0.242. The standard InChI is InChI=1S/C13H16BrClFN/c1-9-4-2-3-5-17(9)8-10-6-13(16)11(14)7-12(10)15/h6-7,9H,2-5,8H2,1H3. The zero-order valence-electron chi connectivity index (χ0n) is 9.85. The van der Waals surface area contributed by atoms with Crippen molar-refractivity contribution >= 4 is 27.5 Å². The van der Waals surface area contributed by atoms with Crippen LogP contribution in [0, 0.1) is 5.82 Å². The van der Waals surface area contributed by atoms with E-state index in [1.165, 1.54) is 25.3 Å². The molecule has 0 spiro atoms. The highest BCUT2D eigenvalue weighted by atomic mass is 79.9. The molecule has 1 fully saturated rings. The maximum Gasteiger partial charge on any atom is 0.137 e. The molecule has 17 heavy (non-hydrogen) atoms. The fraction of sp³-hybridized carbons (Fsp3) is 0.538. The quantitative estimate of drug-likeness (QED) is 0.719. The zero-order valence-corrected chi connectivity index (χ0v) is 12.2. The van der Waals surface area contributed by atoms with Crippen LogP contribution in [0.1, 0.15) is 31.7 Å². The van der Waals surface area contributed by atoms with Crippen molar-refractivity contribution in [2.45, 2.75) is 38.8 Å². The molecule has 1 unspecified atom stereocenters. The average Bonchev–Trinajstić information content (AvgIpc) is 2.29. The van der Waals surface area contributed by atoms with Crippen LogP contribution >= 0.6 is 27.5 Å². The lowest BCUT2D eigenvalue weighted by Crippen LogP contribution is -2.36. The summed E-state index contributed by atoms with van der Waals surface area (Å²) in [6, 6.07) is 3.74. The van der Waals surface area contributed by atoms with Crippen molar-refractivity contribution in [3.8, 4) is 0 Å². The molecule has 2 rings (SSSR count). The van der Waals surface area contributed by atoms with E-state index in [4.69, 9.17) is 11.6 Å². The van der Waals surface area contributed by atoms with Crippen LogP contribution in [0.4, 0.5) is 4.39 Å². The molecule has 0 radical (unpaired) electrons. The Morgan fingerprint density at radius 3 is 2.94 bits per heavy atom. The van der Waals surface area contributed by atoms with Crippen molar-refractivity contribution in [3.05, 3.63) is 33.0 Å². The fourth-order valence-corrected chi connectivity index (χ4v) is 2.99. The highest BCUT2D eigenvalue weighted by Crippen LogP contribution is 2.27. The summed E-state index contributed by atoms with van der Waals surface area (Å²) in [4.78, 5) is 2.37. The molecule has 1 aromatic rings. The number of hydrogen-bond donors (Lipinski definition) is 0. The van der Waals surface area contributed by atoms with Crippen LogP contribution in [-0.4, -0.2) is 17.5 Å². The van der Waals surface area contributed by atoms with E-state index in [1.807, 2.05) is 0 Å². The number of hydrogen-bond acceptors (Lipinski definition) is 1. The van der Waals surface area contributed by atoms with E-state index in [1.54, 1.807) is 6.07 Å². The molecular formula is C13H16BrClFN. The molecule has 0 bridgehead atoms. The Bertz CT molecular complexity index is 411. The molecule has 1 aliphatic heterocycles. The molecule has 1 nitrogen and oxygen atoms in total. The second kappa shape index (κ2) is 5.68. The first-order valence-electron chi connectivity index (χ1n) is 5.95. The van der Waals surface area contributed by atoms with E-state index in [-0.39, 0.29) is 5.82 Å². The number of benzene rings is 1. The molecule has 1 aromatic carbocycles. The second-order valence-electron chi connectivity index (χ2n) is 4.67. The van der Waals surface area contributed by atoms with E-state index in [0.29, 0.717) is 15.5 Å². The summed E-state index contributed by atoms with van der Waals surface area (Å²) in [6.45, 7) is 4.04. The minimum atomic E-state index is -0.242. The summed E-state index contributed by atoms with van der Waals surface area (Å²) in [5.41, 5.74) is 0.876. The van der Waals surface area contributed by atoms with Gasteiger partial charge in [-0.15, -0.1) is 0 Å². The Balaban J connectivity index is 2.15. The summed E-state index contributed by atoms with van der Waals surface area (Å²) >= 11 is 9.29. The van der Waals surface area contributed by atoms with Crippen LogP contribution in [0.3, 0.4) is 0 Å². The first kappa shape index (κ1) is 13.3. The summed E-state index contributed by atoms with van der Waals surface area (Å²) in [5, 5.41) is 0.635. The van der Waals surface area contributed by atoms with Gasteiger partial charge in [-0.2, -0.15) is 0 Å². The van der Waals surface area contributed by atoms with Crippen molar-refractivity contribution < 1.29 is 4.39 Å². The fourth-order valence-electron chi connectivity index (χ4n) is 2.30. The van der Waals surface area contributed by atoms with Gasteiger partial charge in [-0.1, -0.05) is 18.0 Å². The number of rotatable bonds is 2. The van der Waals surface area contributed by atoms with Gasteiger partial charge in [0.1, 0.15) is 5.82 Å². The Hall–Kier alpha value is -0.120. The van der Waals surface area contributed by atoms with Crippen molar-refractivity contribution in [1.82, 2.24) is 4.90 Å². The van der Waals surface area contributed by atoms with Gasteiger partial charge >= 0.3 is 0 Å². The van der Waals surface area contributed by atoms with Crippen molar-refractivity contribution in [2.24, 2.45) is 0 Å². The molecule has 0 aliphatic carbocycles.